The number of carbonyl (C=O) groups is 1. The minimum absolute atomic E-state index is 0.0644. The van der Waals surface area contributed by atoms with E-state index in [1.807, 2.05) is 20.8 Å². The van der Waals surface area contributed by atoms with Gasteiger partial charge in [-0.3, -0.25) is 4.90 Å². The highest BCUT2D eigenvalue weighted by atomic mass is 19.4. The van der Waals surface area contributed by atoms with E-state index < -0.39 is 17.3 Å². The van der Waals surface area contributed by atoms with E-state index >= 15 is 0 Å². The van der Waals surface area contributed by atoms with Crippen molar-refractivity contribution in [2.75, 3.05) is 19.6 Å². The summed E-state index contributed by atoms with van der Waals surface area (Å²) in [7, 11) is 0. The fourth-order valence-electron chi connectivity index (χ4n) is 4.48. The Labute approximate surface area is 170 Å². The van der Waals surface area contributed by atoms with Gasteiger partial charge in [0.1, 0.15) is 5.60 Å². The third-order valence-electron chi connectivity index (χ3n) is 6.17. The van der Waals surface area contributed by atoms with Gasteiger partial charge < -0.3 is 9.64 Å². The van der Waals surface area contributed by atoms with Gasteiger partial charge in [0.2, 0.25) is 0 Å². The van der Waals surface area contributed by atoms with Gasteiger partial charge in [-0.25, -0.2) is 4.79 Å². The van der Waals surface area contributed by atoms with Crippen LogP contribution < -0.4 is 0 Å². The summed E-state index contributed by atoms with van der Waals surface area (Å²) in [5.41, 5.74) is -0.239. The topological polar surface area (TPSA) is 32.8 Å². The molecule has 1 aromatic rings. The zero-order valence-electron chi connectivity index (χ0n) is 17.3. The first kappa shape index (κ1) is 20.5. The van der Waals surface area contributed by atoms with E-state index in [0.717, 1.165) is 37.8 Å². The lowest BCUT2D eigenvalue weighted by molar-refractivity contribution is -0.137. The summed E-state index contributed by atoms with van der Waals surface area (Å²) in [5, 5.41) is 0. The van der Waals surface area contributed by atoms with E-state index in [1.54, 1.807) is 17.0 Å². The van der Waals surface area contributed by atoms with Gasteiger partial charge in [-0.2, -0.15) is 13.2 Å². The van der Waals surface area contributed by atoms with Crippen LogP contribution in [0, 0.1) is 5.92 Å². The second-order valence-corrected chi connectivity index (χ2v) is 9.72. The maximum absolute atomic E-state index is 13.0. The van der Waals surface area contributed by atoms with Gasteiger partial charge in [0.05, 0.1) is 5.56 Å². The van der Waals surface area contributed by atoms with Crippen molar-refractivity contribution in [3.05, 3.63) is 35.4 Å². The Bertz CT molecular complexity index is 762. The SMILES string of the molecule is CC(C)(C)OC(=O)N1CCN([C@@H](c2ccc(C(F)(F)F)cc2)C2CC2)C2(CC2)C1. The molecule has 29 heavy (non-hydrogen) atoms. The third-order valence-corrected chi connectivity index (χ3v) is 6.17. The molecule has 2 saturated carbocycles. The molecule has 1 spiro atoms. The number of alkyl halides is 3. The van der Waals surface area contributed by atoms with Crippen molar-refractivity contribution in [3.8, 4) is 0 Å². The summed E-state index contributed by atoms with van der Waals surface area (Å²) in [4.78, 5) is 16.8. The lowest BCUT2D eigenvalue weighted by Crippen LogP contribution is -2.58. The van der Waals surface area contributed by atoms with E-state index in [2.05, 4.69) is 4.90 Å². The van der Waals surface area contributed by atoms with Crippen molar-refractivity contribution in [3.63, 3.8) is 0 Å². The van der Waals surface area contributed by atoms with Crippen molar-refractivity contribution in [2.45, 2.75) is 69.8 Å². The number of hydrogen-bond acceptors (Lipinski definition) is 3. The molecule has 1 aromatic carbocycles. The summed E-state index contributed by atoms with van der Waals surface area (Å²) in [6, 6.07) is 5.80. The van der Waals surface area contributed by atoms with Gasteiger partial charge in [-0.15, -0.1) is 0 Å². The summed E-state index contributed by atoms with van der Waals surface area (Å²) in [6.45, 7) is 7.53. The first-order chi connectivity index (χ1) is 13.5. The lowest BCUT2D eigenvalue weighted by atomic mass is 9.95. The first-order valence-electron chi connectivity index (χ1n) is 10.4. The van der Waals surface area contributed by atoms with Crippen molar-refractivity contribution < 1.29 is 22.7 Å². The largest absolute Gasteiger partial charge is 0.444 e. The molecule has 3 aliphatic rings. The van der Waals surface area contributed by atoms with Crippen LogP contribution in [0.2, 0.25) is 0 Å². The van der Waals surface area contributed by atoms with E-state index in [1.165, 1.54) is 12.1 Å². The first-order valence-corrected chi connectivity index (χ1v) is 10.4. The monoisotopic (exact) mass is 410 g/mol. The Hall–Kier alpha value is -1.76. The molecule has 1 saturated heterocycles. The van der Waals surface area contributed by atoms with Gasteiger partial charge in [0, 0.05) is 31.2 Å². The van der Waals surface area contributed by atoms with Crippen molar-refractivity contribution in [1.29, 1.82) is 0 Å². The summed E-state index contributed by atoms with van der Waals surface area (Å²) >= 11 is 0. The van der Waals surface area contributed by atoms with Gasteiger partial charge in [0.25, 0.3) is 0 Å². The minimum atomic E-state index is -4.32. The molecule has 1 amide bonds. The molecule has 1 aliphatic heterocycles. The number of amides is 1. The molecule has 0 radical (unpaired) electrons. The molecule has 2 aliphatic carbocycles. The smallest absolute Gasteiger partial charge is 0.416 e. The molecule has 0 N–H and O–H groups in total. The van der Waals surface area contributed by atoms with Crippen LogP contribution in [0.25, 0.3) is 0 Å². The van der Waals surface area contributed by atoms with E-state index in [9.17, 15) is 18.0 Å². The van der Waals surface area contributed by atoms with Crippen molar-refractivity contribution in [2.24, 2.45) is 5.92 Å². The summed E-state index contributed by atoms with van der Waals surface area (Å²) in [5.74, 6) is 0.484. The molecule has 1 heterocycles. The van der Waals surface area contributed by atoms with E-state index in [4.69, 9.17) is 4.74 Å². The Morgan fingerprint density at radius 2 is 1.72 bits per heavy atom. The number of hydrogen-bond donors (Lipinski definition) is 0. The molecule has 1 atom stereocenters. The molecule has 0 bridgehead atoms. The third kappa shape index (κ3) is 4.39. The minimum Gasteiger partial charge on any atom is -0.444 e. The van der Waals surface area contributed by atoms with Gasteiger partial charge in [-0.05, 0) is 70.1 Å². The number of carbonyl (C=O) groups excluding carboxylic acids is 1. The number of halogens is 3. The molecule has 4 rings (SSSR count). The number of ether oxygens (including phenoxy) is 1. The molecule has 4 nitrogen and oxygen atoms in total. The molecule has 3 fully saturated rings. The highest BCUT2D eigenvalue weighted by Crippen LogP contribution is 2.54. The average molecular weight is 410 g/mol. The second kappa shape index (κ2) is 6.89. The number of piperazine rings is 1. The zero-order chi connectivity index (χ0) is 21.0. The maximum atomic E-state index is 13.0. The van der Waals surface area contributed by atoms with Crippen LogP contribution in [-0.4, -0.2) is 46.7 Å². The molecular formula is C22H29F3N2O2. The van der Waals surface area contributed by atoms with Gasteiger partial charge in [-0.1, -0.05) is 12.1 Å². The fourth-order valence-corrected chi connectivity index (χ4v) is 4.48. The number of nitrogens with zero attached hydrogens (tertiary/aromatic N) is 2. The summed E-state index contributed by atoms with van der Waals surface area (Å²) < 4.78 is 44.4. The predicted molar refractivity (Wildman–Crippen MR) is 103 cm³/mol. The molecular weight excluding hydrogens is 381 g/mol. The Balaban J connectivity index is 1.52. The maximum Gasteiger partial charge on any atom is 0.416 e. The standard InChI is InChI=1S/C22H29F3N2O2/c1-20(2,3)29-19(28)26-12-13-27(21(14-26)10-11-21)18(15-4-5-15)16-6-8-17(9-7-16)22(23,24)25/h6-9,15,18H,4-5,10-14H2,1-3H3/t18-/m1/s1. The molecule has 0 unspecified atom stereocenters. The number of rotatable bonds is 3. The fraction of sp³-hybridized carbons (Fsp3) is 0.682. The number of benzene rings is 1. The van der Waals surface area contributed by atoms with Crippen LogP contribution in [0.1, 0.15) is 63.6 Å². The zero-order valence-corrected chi connectivity index (χ0v) is 17.3. The average Bonchev–Trinajstić information content (AvgIpc) is 3.52. The van der Waals surface area contributed by atoms with E-state index in [0.29, 0.717) is 19.0 Å². The van der Waals surface area contributed by atoms with Crippen LogP contribution in [0.4, 0.5) is 18.0 Å². The van der Waals surface area contributed by atoms with Gasteiger partial charge >= 0.3 is 12.3 Å². The van der Waals surface area contributed by atoms with Gasteiger partial charge in [0.15, 0.2) is 0 Å². The second-order valence-electron chi connectivity index (χ2n) is 9.72. The quantitative estimate of drug-likeness (QED) is 0.683. The molecule has 160 valence electrons. The molecule has 0 aromatic heterocycles. The van der Waals surface area contributed by atoms with E-state index in [-0.39, 0.29) is 17.7 Å². The van der Waals surface area contributed by atoms with Crippen LogP contribution in [0.5, 0.6) is 0 Å². The van der Waals surface area contributed by atoms with Crippen molar-refractivity contribution in [1.82, 2.24) is 9.80 Å². The highest BCUT2D eigenvalue weighted by Gasteiger charge is 2.56. The summed E-state index contributed by atoms with van der Waals surface area (Å²) in [6.07, 6.45) is -0.361. The Morgan fingerprint density at radius 1 is 1.10 bits per heavy atom. The lowest BCUT2D eigenvalue weighted by Gasteiger charge is -2.46. The highest BCUT2D eigenvalue weighted by molar-refractivity contribution is 5.68. The van der Waals surface area contributed by atoms with Crippen LogP contribution >= 0.6 is 0 Å². The van der Waals surface area contributed by atoms with Crippen molar-refractivity contribution >= 4 is 6.09 Å². The molecule has 7 heteroatoms. The van der Waals surface area contributed by atoms with Crippen LogP contribution in [0.3, 0.4) is 0 Å². The Kier molecular flexibility index (Phi) is 4.88. The Morgan fingerprint density at radius 3 is 2.21 bits per heavy atom. The van der Waals surface area contributed by atoms with Crippen LogP contribution in [0.15, 0.2) is 24.3 Å². The predicted octanol–water partition coefficient (Wildman–Crippen LogP) is 5.24. The van der Waals surface area contributed by atoms with Crippen LogP contribution in [-0.2, 0) is 10.9 Å². The normalized spacial score (nSPS) is 23.2.